The van der Waals surface area contributed by atoms with Crippen molar-refractivity contribution in [2.24, 2.45) is 0 Å². The lowest BCUT2D eigenvalue weighted by molar-refractivity contribution is 0.332. The maximum atomic E-state index is 5.77. The van der Waals surface area contributed by atoms with E-state index in [0.717, 1.165) is 5.75 Å². The molecule has 0 aliphatic carbocycles. The van der Waals surface area contributed by atoms with Gasteiger partial charge in [-0.1, -0.05) is 11.6 Å². The first kappa shape index (κ1) is 11.7. The molecule has 0 saturated heterocycles. The van der Waals surface area contributed by atoms with E-state index in [9.17, 15) is 0 Å². The number of ether oxygens (including phenoxy) is 1. The van der Waals surface area contributed by atoms with E-state index in [-0.39, 0.29) is 0 Å². The lowest BCUT2D eigenvalue weighted by Gasteiger charge is -2.07. The summed E-state index contributed by atoms with van der Waals surface area (Å²) in [6.45, 7) is 1.19. The second-order valence-electron chi connectivity index (χ2n) is 3.30. The van der Waals surface area contributed by atoms with Gasteiger partial charge in [0.2, 0.25) is 5.95 Å². The number of anilines is 1. The van der Waals surface area contributed by atoms with E-state index in [4.69, 9.17) is 16.3 Å². The molecule has 0 amide bonds. The van der Waals surface area contributed by atoms with Crippen molar-refractivity contribution in [3.63, 3.8) is 0 Å². The molecule has 0 atom stereocenters. The summed E-state index contributed by atoms with van der Waals surface area (Å²) in [6, 6.07) is 9.04. The predicted octanol–water partition coefficient (Wildman–Crippen LogP) is 2.62. The molecule has 1 aromatic heterocycles. The van der Waals surface area contributed by atoms with Gasteiger partial charge >= 0.3 is 0 Å². The largest absolute Gasteiger partial charge is 0.492 e. The van der Waals surface area contributed by atoms with Crippen LogP contribution in [0.25, 0.3) is 0 Å². The molecule has 4 nitrogen and oxygen atoms in total. The molecule has 1 heterocycles. The van der Waals surface area contributed by atoms with Gasteiger partial charge in [0.15, 0.2) is 0 Å². The summed E-state index contributed by atoms with van der Waals surface area (Å²) in [5.74, 6) is 1.40. The topological polar surface area (TPSA) is 47.0 Å². The molecule has 1 N–H and O–H groups in total. The Morgan fingerprint density at radius 1 is 1.12 bits per heavy atom. The fourth-order valence-electron chi connectivity index (χ4n) is 1.25. The van der Waals surface area contributed by atoms with Crippen LogP contribution in [-0.2, 0) is 0 Å². The normalized spacial score (nSPS) is 9.94. The van der Waals surface area contributed by atoms with Crippen molar-refractivity contribution in [1.82, 2.24) is 9.97 Å². The van der Waals surface area contributed by atoms with Crippen molar-refractivity contribution in [3.05, 3.63) is 47.7 Å². The molecule has 1 aromatic carbocycles. The van der Waals surface area contributed by atoms with Gasteiger partial charge in [0, 0.05) is 17.4 Å². The quantitative estimate of drug-likeness (QED) is 0.828. The van der Waals surface area contributed by atoms with Gasteiger partial charge in [0.1, 0.15) is 12.4 Å². The Hall–Kier alpha value is -1.81. The molecule has 0 unspecified atom stereocenters. The summed E-state index contributed by atoms with van der Waals surface area (Å²) in [5, 5.41) is 3.75. The van der Waals surface area contributed by atoms with Crippen molar-refractivity contribution in [2.75, 3.05) is 18.5 Å². The van der Waals surface area contributed by atoms with Crippen LogP contribution in [0.5, 0.6) is 5.75 Å². The minimum atomic E-state index is 0.542. The molecule has 0 aliphatic heterocycles. The summed E-state index contributed by atoms with van der Waals surface area (Å²) in [5.41, 5.74) is 0. The van der Waals surface area contributed by atoms with Gasteiger partial charge in [-0.25, -0.2) is 9.97 Å². The third-order valence-corrected chi connectivity index (χ3v) is 2.29. The molecule has 0 aliphatic rings. The second-order valence-corrected chi connectivity index (χ2v) is 3.74. The number of benzene rings is 1. The molecule has 0 spiro atoms. The fourth-order valence-corrected chi connectivity index (χ4v) is 1.38. The number of hydrogen-bond acceptors (Lipinski definition) is 4. The van der Waals surface area contributed by atoms with Crippen LogP contribution < -0.4 is 10.1 Å². The third-order valence-electron chi connectivity index (χ3n) is 2.03. The van der Waals surface area contributed by atoms with Gasteiger partial charge in [-0.2, -0.15) is 0 Å². The van der Waals surface area contributed by atoms with E-state index >= 15 is 0 Å². The molecule has 0 radical (unpaired) electrons. The Kier molecular flexibility index (Phi) is 4.16. The highest BCUT2D eigenvalue weighted by molar-refractivity contribution is 6.30. The van der Waals surface area contributed by atoms with E-state index in [0.29, 0.717) is 24.1 Å². The predicted molar refractivity (Wildman–Crippen MR) is 67.5 cm³/mol. The summed E-state index contributed by atoms with van der Waals surface area (Å²) < 4.78 is 5.51. The summed E-state index contributed by atoms with van der Waals surface area (Å²) in [6.07, 6.45) is 3.38. The Morgan fingerprint density at radius 2 is 1.82 bits per heavy atom. The molecule has 0 saturated carbocycles. The van der Waals surface area contributed by atoms with Crippen molar-refractivity contribution < 1.29 is 4.74 Å². The number of nitrogens with zero attached hydrogens (tertiary/aromatic N) is 2. The van der Waals surface area contributed by atoms with Gasteiger partial charge in [-0.15, -0.1) is 0 Å². The van der Waals surface area contributed by atoms with Crippen LogP contribution in [0.15, 0.2) is 42.7 Å². The zero-order valence-electron chi connectivity index (χ0n) is 9.14. The van der Waals surface area contributed by atoms with E-state index in [1.807, 2.05) is 12.1 Å². The third kappa shape index (κ3) is 3.92. The smallest absolute Gasteiger partial charge is 0.222 e. The average Bonchev–Trinajstić information content (AvgIpc) is 2.38. The van der Waals surface area contributed by atoms with Crippen molar-refractivity contribution in [3.8, 4) is 5.75 Å². The molecule has 17 heavy (non-hydrogen) atoms. The number of halogens is 1. The molecular weight excluding hydrogens is 238 g/mol. The lowest BCUT2D eigenvalue weighted by atomic mass is 10.3. The number of nitrogens with one attached hydrogen (secondary N) is 1. The summed E-state index contributed by atoms with van der Waals surface area (Å²) >= 11 is 5.77. The second kappa shape index (κ2) is 6.06. The summed E-state index contributed by atoms with van der Waals surface area (Å²) in [4.78, 5) is 8.08. The maximum absolute atomic E-state index is 5.77. The van der Waals surface area contributed by atoms with Gasteiger partial charge in [-0.05, 0) is 30.3 Å². The highest BCUT2D eigenvalue weighted by Gasteiger charge is 1.95. The van der Waals surface area contributed by atoms with E-state index in [2.05, 4.69) is 15.3 Å². The van der Waals surface area contributed by atoms with Crippen LogP contribution in [0.1, 0.15) is 0 Å². The number of rotatable bonds is 5. The van der Waals surface area contributed by atoms with Crippen LogP contribution in [0.3, 0.4) is 0 Å². The molecule has 2 rings (SSSR count). The molecule has 5 heteroatoms. The van der Waals surface area contributed by atoms with Gasteiger partial charge in [0.25, 0.3) is 0 Å². The van der Waals surface area contributed by atoms with Crippen molar-refractivity contribution in [1.29, 1.82) is 0 Å². The zero-order chi connectivity index (χ0) is 11.9. The molecule has 88 valence electrons. The van der Waals surface area contributed by atoms with E-state index in [1.165, 1.54) is 0 Å². The lowest BCUT2D eigenvalue weighted by Crippen LogP contribution is -2.12. The molecule has 2 aromatic rings. The Morgan fingerprint density at radius 3 is 2.53 bits per heavy atom. The van der Waals surface area contributed by atoms with Gasteiger partial charge in [0.05, 0.1) is 6.54 Å². The summed E-state index contributed by atoms with van der Waals surface area (Å²) in [7, 11) is 0. The average molecular weight is 250 g/mol. The minimum absolute atomic E-state index is 0.542. The highest BCUT2D eigenvalue weighted by Crippen LogP contribution is 2.15. The Bertz CT molecular complexity index is 447. The Labute approximate surface area is 105 Å². The van der Waals surface area contributed by atoms with Crippen LogP contribution in [0.4, 0.5) is 5.95 Å². The highest BCUT2D eigenvalue weighted by atomic mass is 35.5. The Balaban J connectivity index is 1.71. The zero-order valence-corrected chi connectivity index (χ0v) is 9.89. The van der Waals surface area contributed by atoms with Crippen LogP contribution in [-0.4, -0.2) is 23.1 Å². The van der Waals surface area contributed by atoms with E-state index in [1.54, 1.807) is 30.6 Å². The standard InChI is InChI=1S/C12H12ClN3O/c13-10-2-4-11(5-3-10)17-9-8-16-12-14-6-1-7-15-12/h1-7H,8-9H2,(H,14,15,16). The van der Waals surface area contributed by atoms with E-state index < -0.39 is 0 Å². The monoisotopic (exact) mass is 249 g/mol. The van der Waals surface area contributed by atoms with Crippen LogP contribution in [0.2, 0.25) is 5.02 Å². The fraction of sp³-hybridized carbons (Fsp3) is 0.167. The van der Waals surface area contributed by atoms with Crippen LogP contribution >= 0.6 is 11.6 Å². The van der Waals surface area contributed by atoms with Crippen LogP contribution in [0, 0.1) is 0 Å². The number of hydrogen-bond donors (Lipinski definition) is 1. The minimum Gasteiger partial charge on any atom is -0.492 e. The number of aromatic nitrogens is 2. The molecule has 0 bridgehead atoms. The molecular formula is C12H12ClN3O. The van der Waals surface area contributed by atoms with Crippen molar-refractivity contribution >= 4 is 17.5 Å². The first-order valence-electron chi connectivity index (χ1n) is 5.24. The van der Waals surface area contributed by atoms with Gasteiger partial charge in [-0.3, -0.25) is 0 Å². The first-order valence-corrected chi connectivity index (χ1v) is 5.61. The molecule has 0 fully saturated rings. The van der Waals surface area contributed by atoms with Crippen molar-refractivity contribution in [2.45, 2.75) is 0 Å². The maximum Gasteiger partial charge on any atom is 0.222 e. The SMILES string of the molecule is Clc1ccc(OCCNc2ncccn2)cc1. The first-order chi connectivity index (χ1) is 8.34. The van der Waals surface area contributed by atoms with Gasteiger partial charge < -0.3 is 10.1 Å².